The van der Waals surface area contributed by atoms with E-state index in [2.05, 4.69) is 11.9 Å². The Labute approximate surface area is 61.8 Å². The van der Waals surface area contributed by atoms with Gasteiger partial charge in [-0.3, -0.25) is 0 Å². The fourth-order valence-electron chi connectivity index (χ4n) is 2.08. The summed E-state index contributed by atoms with van der Waals surface area (Å²) in [6, 6.07) is 0. The van der Waals surface area contributed by atoms with Gasteiger partial charge in [0.1, 0.15) is 0 Å². The Kier molecular flexibility index (Phi) is 1.46. The molecule has 0 aromatic heterocycles. The summed E-state index contributed by atoms with van der Waals surface area (Å²) in [5, 5.41) is 8.80. The quantitative estimate of drug-likeness (QED) is 0.593. The van der Waals surface area contributed by atoms with Gasteiger partial charge in [-0.2, -0.15) is 0 Å². The van der Waals surface area contributed by atoms with Crippen molar-refractivity contribution in [2.24, 2.45) is 17.8 Å². The second kappa shape index (κ2) is 2.21. The lowest BCUT2D eigenvalue weighted by Crippen LogP contribution is -2.45. The van der Waals surface area contributed by atoms with Crippen LogP contribution in [0.15, 0.2) is 0 Å². The molecule has 10 heavy (non-hydrogen) atoms. The minimum Gasteiger partial charge on any atom is -0.396 e. The van der Waals surface area contributed by atoms with Crippen molar-refractivity contribution in [1.29, 1.82) is 0 Å². The number of rotatable bonds is 2. The standard InChI is InChI=1S/C8H15NO/c1-9-3-7(4-9)8-2-6(8)5-10/h6-8,10H,2-5H2,1H3. The van der Waals surface area contributed by atoms with Gasteiger partial charge in [0.05, 0.1) is 0 Å². The summed E-state index contributed by atoms with van der Waals surface area (Å²) in [5.41, 5.74) is 0. The molecule has 1 saturated carbocycles. The fraction of sp³-hybridized carbons (Fsp3) is 1.00. The highest BCUT2D eigenvalue weighted by Gasteiger charge is 2.45. The first-order valence-corrected chi connectivity index (χ1v) is 4.10. The van der Waals surface area contributed by atoms with Crippen molar-refractivity contribution >= 4 is 0 Å². The van der Waals surface area contributed by atoms with Crippen molar-refractivity contribution in [3.05, 3.63) is 0 Å². The summed E-state index contributed by atoms with van der Waals surface area (Å²) in [6.07, 6.45) is 1.29. The van der Waals surface area contributed by atoms with Gasteiger partial charge in [0.15, 0.2) is 0 Å². The highest BCUT2D eigenvalue weighted by molar-refractivity contribution is 4.96. The Morgan fingerprint density at radius 2 is 2.20 bits per heavy atom. The van der Waals surface area contributed by atoms with Gasteiger partial charge in [-0.1, -0.05) is 0 Å². The zero-order valence-electron chi connectivity index (χ0n) is 6.45. The van der Waals surface area contributed by atoms with Gasteiger partial charge < -0.3 is 10.0 Å². The number of aliphatic hydroxyl groups excluding tert-OH is 1. The monoisotopic (exact) mass is 141 g/mol. The Morgan fingerprint density at radius 3 is 2.60 bits per heavy atom. The van der Waals surface area contributed by atoms with E-state index in [9.17, 15) is 0 Å². The molecule has 0 bridgehead atoms. The molecule has 1 heterocycles. The zero-order chi connectivity index (χ0) is 7.14. The van der Waals surface area contributed by atoms with Crippen molar-refractivity contribution in [2.75, 3.05) is 26.7 Å². The normalized spacial score (nSPS) is 41.4. The number of likely N-dealkylation sites (tertiary alicyclic amines) is 1. The van der Waals surface area contributed by atoms with Gasteiger partial charge in [0.2, 0.25) is 0 Å². The van der Waals surface area contributed by atoms with E-state index >= 15 is 0 Å². The molecule has 0 radical (unpaired) electrons. The lowest BCUT2D eigenvalue weighted by molar-refractivity contribution is 0.106. The Morgan fingerprint density at radius 1 is 1.50 bits per heavy atom. The van der Waals surface area contributed by atoms with E-state index < -0.39 is 0 Å². The lowest BCUT2D eigenvalue weighted by Gasteiger charge is -2.36. The van der Waals surface area contributed by atoms with Crippen molar-refractivity contribution < 1.29 is 5.11 Å². The van der Waals surface area contributed by atoms with Gasteiger partial charge in [-0.05, 0) is 31.2 Å². The zero-order valence-corrected chi connectivity index (χ0v) is 6.45. The molecule has 0 spiro atoms. The Balaban J connectivity index is 1.73. The molecule has 1 saturated heterocycles. The van der Waals surface area contributed by atoms with Crippen LogP contribution in [0.1, 0.15) is 6.42 Å². The van der Waals surface area contributed by atoms with Crippen LogP contribution in [-0.2, 0) is 0 Å². The van der Waals surface area contributed by atoms with Crippen LogP contribution in [0.2, 0.25) is 0 Å². The molecular formula is C8H15NO. The number of hydrogen-bond acceptors (Lipinski definition) is 2. The largest absolute Gasteiger partial charge is 0.396 e. The molecule has 1 N–H and O–H groups in total. The summed E-state index contributed by atoms with van der Waals surface area (Å²) in [5.74, 6) is 2.46. The second-order valence-electron chi connectivity index (χ2n) is 3.82. The Bertz CT molecular complexity index is 131. The van der Waals surface area contributed by atoms with Crippen LogP contribution < -0.4 is 0 Å². The molecule has 2 rings (SSSR count). The van der Waals surface area contributed by atoms with Crippen LogP contribution in [0, 0.1) is 17.8 Å². The predicted octanol–water partition coefficient (Wildman–Crippen LogP) is 0.176. The van der Waals surface area contributed by atoms with Crippen LogP contribution in [0.25, 0.3) is 0 Å². The molecule has 2 fully saturated rings. The van der Waals surface area contributed by atoms with E-state index in [4.69, 9.17) is 5.11 Å². The first kappa shape index (κ1) is 6.62. The van der Waals surface area contributed by atoms with Crippen LogP contribution in [0.5, 0.6) is 0 Å². The third kappa shape index (κ3) is 0.956. The molecule has 2 heteroatoms. The molecule has 2 unspecified atom stereocenters. The third-order valence-corrected chi connectivity index (χ3v) is 2.91. The van der Waals surface area contributed by atoms with E-state index in [0.29, 0.717) is 12.5 Å². The molecule has 2 nitrogen and oxygen atoms in total. The molecule has 0 aromatic rings. The maximum atomic E-state index is 8.80. The minimum absolute atomic E-state index is 0.422. The van der Waals surface area contributed by atoms with E-state index in [0.717, 1.165) is 11.8 Å². The predicted molar refractivity (Wildman–Crippen MR) is 39.7 cm³/mol. The molecule has 58 valence electrons. The van der Waals surface area contributed by atoms with Crippen LogP contribution in [0.4, 0.5) is 0 Å². The average Bonchev–Trinajstić information content (AvgIpc) is 2.59. The van der Waals surface area contributed by atoms with E-state index in [1.54, 1.807) is 0 Å². The highest BCUT2D eigenvalue weighted by atomic mass is 16.3. The van der Waals surface area contributed by atoms with E-state index in [1.807, 2.05) is 0 Å². The first-order valence-electron chi connectivity index (χ1n) is 4.10. The SMILES string of the molecule is CN1CC(C2CC2CO)C1. The molecule has 1 aliphatic heterocycles. The topological polar surface area (TPSA) is 23.5 Å². The lowest BCUT2D eigenvalue weighted by atomic mass is 9.94. The van der Waals surface area contributed by atoms with Gasteiger partial charge >= 0.3 is 0 Å². The van der Waals surface area contributed by atoms with Crippen molar-refractivity contribution in [1.82, 2.24) is 4.90 Å². The highest BCUT2D eigenvalue weighted by Crippen LogP contribution is 2.46. The molecule has 1 aliphatic carbocycles. The van der Waals surface area contributed by atoms with Crippen LogP contribution in [-0.4, -0.2) is 36.8 Å². The average molecular weight is 141 g/mol. The summed E-state index contributed by atoms with van der Waals surface area (Å²) in [6.45, 7) is 2.95. The number of nitrogens with zero attached hydrogens (tertiary/aromatic N) is 1. The van der Waals surface area contributed by atoms with Gasteiger partial charge in [0.25, 0.3) is 0 Å². The van der Waals surface area contributed by atoms with E-state index in [1.165, 1.54) is 19.5 Å². The summed E-state index contributed by atoms with van der Waals surface area (Å²) in [4.78, 5) is 2.34. The second-order valence-corrected chi connectivity index (χ2v) is 3.82. The smallest absolute Gasteiger partial charge is 0.0462 e. The molecular weight excluding hydrogens is 126 g/mol. The summed E-state index contributed by atoms with van der Waals surface area (Å²) in [7, 11) is 2.16. The minimum atomic E-state index is 0.422. The van der Waals surface area contributed by atoms with Crippen molar-refractivity contribution in [2.45, 2.75) is 6.42 Å². The number of hydrogen-bond donors (Lipinski definition) is 1. The molecule has 0 amide bonds. The maximum Gasteiger partial charge on any atom is 0.0462 e. The maximum absolute atomic E-state index is 8.80. The van der Waals surface area contributed by atoms with Crippen LogP contribution >= 0.6 is 0 Å². The summed E-state index contributed by atoms with van der Waals surface area (Å²) < 4.78 is 0. The fourth-order valence-corrected chi connectivity index (χ4v) is 2.08. The van der Waals surface area contributed by atoms with Crippen LogP contribution in [0.3, 0.4) is 0 Å². The first-order chi connectivity index (χ1) is 4.81. The van der Waals surface area contributed by atoms with E-state index in [-0.39, 0.29) is 0 Å². The Hall–Kier alpha value is -0.0800. The molecule has 0 aromatic carbocycles. The molecule has 2 atom stereocenters. The van der Waals surface area contributed by atoms with Gasteiger partial charge in [-0.25, -0.2) is 0 Å². The van der Waals surface area contributed by atoms with Crippen molar-refractivity contribution in [3.63, 3.8) is 0 Å². The van der Waals surface area contributed by atoms with Crippen molar-refractivity contribution in [3.8, 4) is 0 Å². The van der Waals surface area contributed by atoms with Gasteiger partial charge in [-0.15, -0.1) is 0 Å². The number of aliphatic hydroxyl groups is 1. The third-order valence-electron chi connectivity index (χ3n) is 2.91. The van der Waals surface area contributed by atoms with Gasteiger partial charge in [0, 0.05) is 19.7 Å². The summed E-state index contributed by atoms with van der Waals surface area (Å²) >= 11 is 0. The molecule has 2 aliphatic rings.